The van der Waals surface area contributed by atoms with Crippen LogP contribution in [0, 0.1) is 13.8 Å². The summed E-state index contributed by atoms with van der Waals surface area (Å²) in [5.74, 6) is 0. The minimum Gasteiger partial charge on any atom is -0.373 e. The van der Waals surface area contributed by atoms with E-state index in [4.69, 9.17) is 10.5 Å². The molecule has 1 aliphatic heterocycles. The fraction of sp³-hybridized carbons (Fsp3) is 0.600. The third-order valence-corrected chi connectivity index (χ3v) is 5.90. The quantitative estimate of drug-likeness (QED) is 0.919. The number of sulfonamides is 1. The van der Waals surface area contributed by atoms with Crippen molar-refractivity contribution in [2.75, 3.05) is 19.7 Å². The van der Waals surface area contributed by atoms with Gasteiger partial charge in [-0.1, -0.05) is 6.07 Å². The first kappa shape index (κ1) is 16.4. The van der Waals surface area contributed by atoms with E-state index >= 15 is 0 Å². The van der Waals surface area contributed by atoms with Crippen molar-refractivity contribution in [3.05, 3.63) is 28.8 Å². The van der Waals surface area contributed by atoms with E-state index in [1.807, 2.05) is 33.8 Å². The van der Waals surface area contributed by atoms with Crippen LogP contribution in [0.2, 0.25) is 0 Å². The van der Waals surface area contributed by atoms with E-state index in [0.717, 1.165) is 16.7 Å². The van der Waals surface area contributed by atoms with Crippen molar-refractivity contribution >= 4 is 10.0 Å². The Kier molecular flexibility index (Phi) is 4.44. The van der Waals surface area contributed by atoms with Crippen molar-refractivity contribution in [1.29, 1.82) is 0 Å². The van der Waals surface area contributed by atoms with Gasteiger partial charge in [0, 0.05) is 19.6 Å². The SMILES string of the molecule is Cc1cc(CN)cc(S(=O)(=O)N2CCOC(C)(C)C2)c1C. The molecule has 0 amide bonds. The summed E-state index contributed by atoms with van der Waals surface area (Å²) in [6, 6.07) is 3.64. The Balaban J connectivity index is 2.47. The molecule has 21 heavy (non-hydrogen) atoms. The molecular formula is C15H24N2O3S. The molecule has 0 aliphatic carbocycles. The second-order valence-corrected chi connectivity index (χ2v) is 8.09. The Labute approximate surface area is 127 Å². The Morgan fingerprint density at radius 2 is 2.00 bits per heavy atom. The largest absolute Gasteiger partial charge is 0.373 e. The number of benzene rings is 1. The molecule has 1 fully saturated rings. The lowest BCUT2D eigenvalue weighted by atomic mass is 10.1. The summed E-state index contributed by atoms with van der Waals surface area (Å²) in [6.45, 7) is 9.06. The van der Waals surface area contributed by atoms with Crippen molar-refractivity contribution < 1.29 is 13.2 Å². The minimum absolute atomic E-state index is 0.332. The van der Waals surface area contributed by atoms with Crippen LogP contribution in [0.4, 0.5) is 0 Å². The maximum atomic E-state index is 12.9. The topological polar surface area (TPSA) is 72.6 Å². The summed E-state index contributed by atoms with van der Waals surface area (Å²) in [6.07, 6.45) is 0. The average Bonchev–Trinajstić information content (AvgIpc) is 2.40. The summed E-state index contributed by atoms with van der Waals surface area (Å²) in [4.78, 5) is 0.362. The number of nitrogens with two attached hydrogens (primary N) is 1. The maximum absolute atomic E-state index is 12.9. The second kappa shape index (κ2) is 5.68. The van der Waals surface area contributed by atoms with Crippen LogP contribution >= 0.6 is 0 Å². The van der Waals surface area contributed by atoms with Crippen LogP contribution in [0.3, 0.4) is 0 Å². The van der Waals surface area contributed by atoms with E-state index in [2.05, 4.69) is 0 Å². The van der Waals surface area contributed by atoms with Crippen molar-refractivity contribution in [2.24, 2.45) is 5.73 Å². The highest BCUT2D eigenvalue weighted by atomic mass is 32.2. The van der Waals surface area contributed by atoms with Gasteiger partial charge < -0.3 is 10.5 Å². The van der Waals surface area contributed by atoms with E-state index in [0.29, 0.717) is 31.1 Å². The zero-order chi connectivity index (χ0) is 15.8. The van der Waals surface area contributed by atoms with Crippen LogP contribution in [-0.4, -0.2) is 38.0 Å². The zero-order valence-electron chi connectivity index (χ0n) is 13.1. The van der Waals surface area contributed by atoms with Gasteiger partial charge >= 0.3 is 0 Å². The molecule has 0 aromatic heterocycles. The van der Waals surface area contributed by atoms with Gasteiger partial charge in [-0.2, -0.15) is 4.31 Å². The van der Waals surface area contributed by atoms with Gasteiger partial charge in [-0.25, -0.2) is 8.42 Å². The number of morpholine rings is 1. The Hall–Kier alpha value is -0.950. The third-order valence-electron chi connectivity index (χ3n) is 3.92. The molecule has 0 unspecified atom stereocenters. The number of aryl methyl sites for hydroxylation is 1. The molecule has 1 saturated heterocycles. The number of hydrogen-bond donors (Lipinski definition) is 1. The average molecular weight is 312 g/mol. The monoisotopic (exact) mass is 312 g/mol. The highest BCUT2D eigenvalue weighted by molar-refractivity contribution is 7.89. The lowest BCUT2D eigenvalue weighted by Crippen LogP contribution is -2.50. The lowest BCUT2D eigenvalue weighted by Gasteiger charge is -2.37. The van der Waals surface area contributed by atoms with Gasteiger partial charge in [-0.3, -0.25) is 0 Å². The van der Waals surface area contributed by atoms with E-state index in [1.54, 1.807) is 6.07 Å². The maximum Gasteiger partial charge on any atom is 0.243 e. The summed E-state index contributed by atoms with van der Waals surface area (Å²) < 4.78 is 33.0. The Bertz CT molecular complexity index is 639. The molecule has 0 atom stereocenters. The van der Waals surface area contributed by atoms with E-state index in [-0.39, 0.29) is 0 Å². The summed E-state index contributed by atoms with van der Waals surface area (Å²) in [5, 5.41) is 0. The smallest absolute Gasteiger partial charge is 0.243 e. The number of nitrogens with zero attached hydrogens (tertiary/aromatic N) is 1. The van der Waals surface area contributed by atoms with Crippen LogP contribution in [0.1, 0.15) is 30.5 Å². The van der Waals surface area contributed by atoms with Gasteiger partial charge in [0.05, 0.1) is 17.1 Å². The van der Waals surface area contributed by atoms with Gasteiger partial charge in [0.15, 0.2) is 0 Å². The molecule has 118 valence electrons. The fourth-order valence-corrected chi connectivity index (χ4v) is 4.52. The van der Waals surface area contributed by atoms with Gasteiger partial charge in [0.25, 0.3) is 0 Å². The summed E-state index contributed by atoms with van der Waals surface area (Å²) in [5.41, 5.74) is 7.79. The molecule has 1 aromatic carbocycles. The zero-order valence-corrected chi connectivity index (χ0v) is 14.0. The van der Waals surface area contributed by atoms with Crippen LogP contribution < -0.4 is 5.73 Å². The van der Waals surface area contributed by atoms with Crippen LogP contribution in [-0.2, 0) is 21.3 Å². The number of ether oxygens (including phenoxy) is 1. The number of rotatable bonds is 3. The molecule has 2 N–H and O–H groups in total. The first-order valence-electron chi connectivity index (χ1n) is 7.12. The predicted molar refractivity (Wildman–Crippen MR) is 82.6 cm³/mol. The van der Waals surface area contributed by atoms with Crippen molar-refractivity contribution in [3.8, 4) is 0 Å². The molecular weight excluding hydrogens is 288 g/mol. The molecule has 6 heteroatoms. The van der Waals surface area contributed by atoms with Crippen molar-refractivity contribution in [3.63, 3.8) is 0 Å². The van der Waals surface area contributed by atoms with E-state index in [9.17, 15) is 8.42 Å². The lowest BCUT2D eigenvalue weighted by molar-refractivity contribution is -0.0640. The van der Waals surface area contributed by atoms with Gasteiger partial charge in [-0.15, -0.1) is 0 Å². The number of hydrogen-bond acceptors (Lipinski definition) is 4. The second-order valence-electron chi connectivity index (χ2n) is 6.19. The Morgan fingerprint density at radius 3 is 2.57 bits per heavy atom. The van der Waals surface area contributed by atoms with Crippen molar-refractivity contribution in [1.82, 2.24) is 4.31 Å². The third kappa shape index (κ3) is 3.29. The van der Waals surface area contributed by atoms with Gasteiger partial charge in [0.1, 0.15) is 0 Å². The predicted octanol–water partition coefficient (Wildman–Crippen LogP) is 1.56. The first-order valence-corrected chi connectivity index (χ1v) is 8.56. The standard InChI is InChI=1S/C15H24N2O3S/c1-11-7-13(9-16)8-14(12(11)2)21(18,19)17-5-6-20-15(3,4)10-17/h7-8H,5-6,9-10,16H2,1-4H3. The van der Waals surface area contributed by atoms with Crippen molar-refractivity contribution in [2.45, 2.75) is 44.7 Å². The minimum atomic E-state index is -3.52. The highest BCUT2D eigenvalue weighted by Crippen LogP contribution is 2.27. The Morgan fingerprint density at radius 1 is 1.33 bits per heavy atom. The van der Waals surface area contributed by atoms with E-state index < -0.39 is 15.6 Å². The fourth-order valence-electron chi connectivity index (χ4n) is 2.60. The van der Waals surface area contributed by atoms with Gasteiger partial charge in [-0.05, 0) is 50.5 Å². The van der Waals surface area contributed by atoms with Crippen LogP contribution in [0.25, 0.3) is 0 Å². The molecule has 5 nitrogen and oxygen atoms in total. The molecule has 1 aromatic rings. The molecule has 1 aliphatic rings. The van der Waals surface area contributed by atoms with E-state index in [1.165, 1.54) is 4.31 Å². The normalized spacial score (nSPS) is 19.7. The molecule has 2 rings (SSSR count). The molecule has 0 radical (unpaired) electrons. The molecule has 0 bridgehead atoms. The van der Waals surface area contributed by atoms with Crippen LogP contribution in [0.5, 0.6) is 0 Å². The summed E-state index contributed by atoms with van der Waals surface area (Å²) >= 11 is 0. The summed E-state index contributed by atoms with van der Waals surface area (Å²) in [7, 11) is -3.52. The highest BCUT2D eigenvalue weighted by Gasteiger charge is 2.35. The molecule has 0 saturated carbocycles. The van der Waals surface area contributed by atoms with Gasteiger partial charge in [0.2, 0.25) is 10.0 Å². The first-order chi connectivity index (χ1) is 9.67. The molecule has 0 spiro atoms. The molecule has 1 heterocycles. The van der Waals surface area contributed by atoms with Crippen LogP contribution in [0.15, 0.2) is 17.0 Å².